The van der Waals surface area contributed by atoms with E-state index in [1.54, 1.807) is 0 Å². The van der Waals surface area contributed by atoms with Gasteiger partial charge in [-0.05, 0) is 18.9 Å². The predicted octanol–water partition coefficient (Wildman–Crippen LogP) is 4.28. The molecule has 0 bridgehead atoms. The Morgan fingerprint density at radius 3 is 2.11 bits per heavy atom. The average molecular weight is 308 g/mol. The van der Waals surface area contributed by atoms with Crippen molar-refractivity contribution in [2.45, 2.75) is 13.3 Å². The molecule has 18 heavy (non-hydrogen) atoms. The van der Waals surface area contributed by atoms with Gasteiger partial charge >= 0.3 is 5.97 Å². The van der Waals surface area contributed by atoms with E-state index in [0.29, 0.717) is 5.56 Å². The molecular formula is C12H9Cl3O3. The average Bonchev–Trinajstić information content (AvgIpc) is 2.27. The SMILES string of the molecule is C=CCc1c(Cl)c(Cl)c(C(C)=O)c(C(=O)O)c1Cl. The van der Waals surface area contributed by atoms with Crippen LogP contribution >= 0.6 is 34.8 Å². The standard InChI is InChI=1S/C12H9Cl3O3/c1-3-4-6-9(13)8(12(17)18)7(5(2)16)11(15)10(6)14/h3H,1,4H2,2H3,(H,17,18). The summed E-state index contributed by atoms with van der Waals surface area (Å²) >= 11 is 17.9. The smallest absolute Gasteiger partial charge is 0.338 e. The summed E-state index contributed by atoms with van der Waals surface area (Å²) in [5, 5.41) is 9.04. The van der Waals surface area contributed by atoms with Crippen molar-refractivity contribution in [3.63, 3.8) is 0 Å². The molecule has 0 atom stereocenters. The van der Waals surface area contributed by atoms with Crippen LogP contribution < -0.4 is 0 Å². The maximum atomic E-state index is 11.5. The molecule has 0 aromatic heterocycles. The molecule has 0 saturated heterocycles. The van der Waals surface area contributed by atoms with Gasteiger partial charge in [-0.3, -0.25) is 4.79 Å². The lowest BCUT2D eigenvalue weighted by molar-refractivity contribution is 0.0692. The van der Waals surface area contributed by atoms with Gasteiger partial charge in [-0.15, -0.1) is 6.58 Å². The molecule has 0 unspecified atom stereocenters. The molecule has 0 aliphatic rings. The summed E-state index contributed by atoms with van der Waals surface area (Å²) in [5.41, 5.74) is -0.150. The Morgan fingerprint density at radius 1 is 1.17 bits per heavy atom. The molecular weight excluding hydrogens is 298 g/mol. The maximum absolute atomic E-state index is 11.5. The molecule has 1 aromatic rings. The zero-order valence-electron chi connectivity index (χ0n) is 9.39. The number of aromatic carboxylic acids is 1. The van der Waals surface area contributed by atoms with Crippen molar-refractivity contribution in [2.24, 2.45) is 0 Å². The Morgan fingerprint density at radius 2 is 1.72 bits per heavy atom. The fourth-order valence-electron chi connectivity index (χ4n) is 1.56. The van der Waals surface area contributed by atoms with Crippen LogP contribution in [0.1, 0.15) is 33.2 Å². The third-order valence-corrected chi connectivity index (χ3v) is 3.63. The molecule has 1 rings (SSSR count). The number of hydrogen-bond acceptors (Lipinski definition) is 2. The molecule has 3 nitrogen and oxygen atoms in total. The molecule has 0 fully saturated rings. The number of carbonyl (C=O) groups is 2. The van der Waals surface area contributed by atoms with E-state index in [1.807, 2.05) is 0 Å². The van der Waals surface area contributed by atoms with E-state index >= 15 is 0 Å². The van der Waals surface area contributed by atoms with Crippen molar-refractivity contribution in [2.75, 3.05) is 0 Å². The fraction of sp³-hybridized carbons (Fsp3) is 0.167. The number of hydrogen-bond donors (Lipinski definition) is 1. The van der Waals surface area contributed by atoms with Crippen molar-refractivity contribution in [1.82, 2.24) is 0 Å². The van der Waals surface area contributed by atoms with Crippen LogP contribution in [0.15, 0.2) is 12.7 Å². The first-order chi connectivity index (χ1) is 8.32. The summed E-state index contributed by atoms with van der Waals surface area (Å²) in [6.45, 7) is 4.73. The van der Waals surface area contributed by atoms with Crippen LogP contribution in [0.2, 0.25) is 15.1 Å². The van der Waals surface area contributed by atoms with Crippen LogP contribution in [0.3, 0.4) is 0 Å². The van der Waals surface area contributed by atoms with Gasteiger partial charge in [-0.2, -0.15) is 0 Å². The minimum absolute atomic E-state index is 0.0803. The van der Waals surface area contributed by atoms with E-state index in [4.69, 9.17) is 39.9 Å². The third kappa shape index (κ3) is 2.53. The van der Waals surface area contributed by atoms with Crippen LogP contribution in [0.4, 0.5) is 0 Å². The second-order valence-corrected chi connectivity index (χ2v) is 4.66. The highest BCUT2D eigenvalue weighted by Gasteiger charge is 2.26. The topological polar surface area (TPSA) is 54.4 Å². The lowest BCUT2D eigenvalue weighted by Gasteiger charge is -2.14. The van der Waals surface area contributed by atoms with Crippen molar-refractivity contribution in [3.8, 4) is 0 Å². The molecule has 0 aliphatic carbocycles. The summed E-state index contributed by atoms with van der Waals surface area (Å²) in [5.74, 6) is -1.83. The summed E-state index contributed by atoms with van der Waals surface area (Å²) < 4.78 is 0. The number of carboxylic acids is 1. The highest BCUT2D eigenvalue weighted by atomic mass is 35.5. The fourth-order valence-corrected chi connectivity index (χ4v) is 2.57. The normalized spacial score (nSPS) is 10.2. The molecule has 0 heterocycles. The Bertz CT molecular complexity index is 550. The van der Waals surface area contributed by atoms with E-state index < -0.39 is 11.8 Å². The second-order valence-electron chi connectivity index (χ2n) is 3.52. The lowest BCUT2D eigenvalue weighted by Crippen LogP contribution is -2.10. The van der Waals surface area contributed by atoms with E-state index in [-0.39, 0.29) is 32.6 Å². The first kappa shape index (κ1) is 15.0. The molecule has 1 aromatic carbocycles. The quantitative estimate of drug-likeness (QED) is 0.513. The van der Waals surface area contributed by atoms with Crippen molar-refractivity contribution < 1.29 is 14.7 Å². The second kappa shape index (κ2) is 5.74. The number of halogens is 3. The van der Waals surface area contributed by atoms with Crippen LogP contribution in [-0.4, -0.2) is 16.9 Å². The monoisotopic (exact) mass is 306 g/mol. The number of carboxylic acid groups (broad SMARTS) is 1. The van der Waals surface area contributed by atoms with E-state index in [2.05, 4.69) is 6.58 Å². The third-order valence-electron chi connectivity index (χ3n) is 2.33. The summed E-state index contributed by atoms with van der Waals surface area (Å²) in [4.78, 5) is 22.7. The number of benzene rings is 1. The van der Waals surface area contributed by atoms with Crippen molar-refractivity contribution in [1.29, 1.82) is 0 Å². The van der Waals surface area contributed by atoms with E-state index in [0.717, 1.165) is 0 Å². The Hall–Kier alpha value is -1.03. The minimum Gasteiger partial charge on any atom is -0.478 e. The van der Waals surface area contributed by atoms with E-state index in [1.165, 1.54) is 13.0 Å². The number of allylic oxidation sites excluding steroid dienone is 1. The van der Waals surface area contributed by atoms with Crippen molar-refractivity contribution in [3.05, 3.63) is 44.4 Å². The van der Waals surface area contributed by atoms with Gasteiger partial charge in [0.15, 0.2) is 5.78 Å². The van der Waals surface area contributed by atoms with Gasteiger partial charge in [0.05, 0.1) is 26.2 Å². The molecule has 0 spiro atoms. The molecule has 6 heteroatoms. The zero-order valence-corrected chi connectivity index (χ0v) is 11.7. The van der Waals surface area contributed by atoms with Gasteiger partial charge in [0.2, 0.25) is 0 Å². The molecule has 0 saturated carbocycles. The van der Waals surface area contributed by atoms with Crippen LogP contribution in [0, 0.1) is 0 Å². The lowest BCUT2D eigenvalue weighted by atomic mass is 9.99. The van der Waals surface area contributed by atoms with Crippen molar-refractivity contribution >= 4 is 46.6 Å². The first-order valence-corrected chi connectivity index (χ1v) is 6.00. The number of carbonyl (C=O) groups excluding carboxylic acids is 1. The Balaban J connectivity index is 3.81. The summed E-state index contributed by atoms with van der Waals surface area (Å²) in [7, 11) is 0. The number of ketones is 1. The molecule has 1 N–H and O–H groups in total. The van der Waals surface area contributed by atoms with Crippen LogP contribution in [-0.2, 0) is 6.42 Å². The predicted molar refractivity (Wildman–Crippen MR) is 72.3 cm³/mol. The first-order valence-electron chi connectivity index (χ1n) is 4.87. The summed E-state index contributed by atoms with van der Waals surface area (Å²) in [6.07, 6.45) is 1.78. The number of rotatable bonds is 4. The Labute approximate surface area is 119 Å². The van der Waals surface area contributed by atoms with Gasteiger partial charge < -0.3 is 5.11 Å². The zero-order chi connectivity index (χ0) is 14.0. The van der Waals surface area contributed by atoms with E-state index in [9.17, 15) is 9.59 Å². The highest BCUT2D eigenvalue weighted by molar-refractivity contribution is 6.47. The number of Topliss-reactive ketones (excluding diaryl/α,β-unsaturated/α-hetero) is 1. The summed E-state index contributed by atoms with van der Waals surface area (Å²) in [6, 6.07) is 0. The largest absolute Gasteiger partial charge is 0.478 e. The molecule has 96 valence electrons. The molecule has 0 amide bonds. The highest BCUT2D eigenvalue weighted by Crippen LogP contribution is 2.39. The van der Waals surface area contributed by atoms with Crippen LogP contribution in [0.25, 0.3) is 0 Å². The minimum atomic E-state index is -1.32. The van der Waals surface area contributed by atoms with Gasteiger partial charge in [-0.25, -0.2) is 4.79 Å². The maximum Gasteiger partial charge on any atom is 0.338 e. The van der Waals surface area contributed by atoms with Gasteiger partial charge in [0.25, 0.3) is 0 Å². The van der Waals surface area contributed by atoms with Gasteiger partial charge in [0, 0.05) is 0 Å². The molecule has 0 aliphatic heterocycles. The van der Waals surface area contributed by atoms with Gasteiger partial charge in [-0.1, -0.05) is 40.9 Å². The van der Waals surface area contributed by atoms with Gasteiger partial charge in [0.1, 0.15) is 0 Å². The van der Waals surface area contributed by atoms with Crippen LogP contribution in [0.5, 0.6) is 0 Å². The Kier molecular flexibility index (Phi) is 4.79. The molecule has 0 radical (unpaired) electrons.